The Morgan fingerprint density at radius 3 is 2.60 bits per heavy atom. The fourth-order valence-corrected chi connectivity index (χ4v) is 2.90. The molecule has 2 rings (SSSR count). The Labute approximate surface area is 97.6 Å². The minimum absolute atomic E-state index is 0.616. The van der Waals surface area contributed by atoms with E-state index in [1.807, 2.05) is 19.1 Å². The van der Waals surface area contributed by atoms with Crippen LogP contribution in [0, 0.1) is 6.92 Å². The van der Waals surface area contributed by atoms with Gasteiger partial charge < -0.3 is 0 Å². The zero-order valence-electron chi connectivity index (χ0n) is 8.20. The summed E-state index contributed by atoms with van der Waals surface area (Å²) in [7, 11) is -3.31. The average Bonchev–Trinajstić information content (AvgIpc) is 2.92. The van der Waals surface area contributed by atoms with Crippen LogP contribution in [0.4, 0.5) is 5.69 Å². The lowest BCUT2D eigenvalue weighted by molar-refractivity contribution is 0.569. The van der Waals surface area contributed by atoms with E-state index in [4.69, 9.17) is 0 Å². The molecule has 1 aromatic rings. The fraction of sp³-hybridized carbons (Fsp3) is 0.333. The Balaban J connectivity index is 2.24. The van der Waals surface area contributed by atoms with Crippen LogP contribution in [0.1, 0.15) is 5.56 Å². The number of nitrogens with zero attached hydrogens (tertiary/aromatic N) is 1. The number of anilines is 1. The Bertz CT molecular complexity index is 483. The van der Waals surface area contributed by atoms with Gasteiger partial charge in [0.1, 0.15) is 0 Å². The van der Waals surface area contributed by atoms with E-state index in [0.717, 1.165) is 10.0 Å². The molecule has 0 spiro atoms. The van der Waals surface area contributed by atoms with E-state index in [1.165, 1.54) is 4.31 Å². The molecular weight excluding hydrogens is 280 g/mol. The summed E-state index contributed by atoms with van der Waals surface area (Å²) in [6.07, 6.45) is 0. The summed E-state index contributed by atoms with van der Waals surface area (Å²) in [5.74, 6) is 0. The molecule has 0 bridgehead atoms. The first kappa shape index (κ1) is 10.9. The van der Waals surface area contributed by atoms with Gasteiger partial charge in [0.15, 0.2) is 0 Å². The zero-order chi connectivity index (χ0) is 11.1. The van der Waals surface area contributed by atoms with Crippen LogP contribution in [0.15, 0.2) is 22.7 Å². The van der Waals surface area contributed by atoms with Crippen LogP contribution in [0.2, 0.25) is 0 Å². The Morgan fingerprint density at radius 1 is 1.40 bits per heavy atom. The maximum Gasteiger partial charge on any atom is 0.301 e. The molecule has 0 amide bonds. The molecule has 1 aliphatic heterocycles. The summed E-state index contributed by atoms with van der Waals surface area (Å²) in [6.45, 7) is 3.10. The quantitative estimate of drug-likeness (QED) is 0.862. The highest BCUT2D eigenvalue weighted by Gasteiger charge is 2.31. The predicted octanol–water partition coefficient (Wildman–Crippen LogP) is 1.73. The van der Waals surface area contributed by atoms with Gasteiger partial charge in [-0.1, -0.05) is 15.9 Å². The topological polar surface area (TPSA) is 49.2 Å². The number of hydrogen-bond donors (Lipinski definition) is 1. The first-order chi connectivity index (χ1) is 6.99. The van der Waals surface area contributed by atoms with Crippen molar-refractivity contribution in [1.82, 2.24) is 4.31 Å². The lowest BCUT2D eigenvalue weighted by Crippen LogP contribution is -2.21. The van der Waals surface area contributed by atoms with E-state index in [-0.39, 0.29) is 0 Å². The van der Waals surface area contributed by atoms with Gasteiger partial charge in [0.2, 0.25) is 0 Å². The first-order valence-corrected chi connectivity index (χ1v) is 6.76. The molecule has 82 valence electrons. The van der Waals surface area contributed by atoms with Crippen molar-refractivity contribution in [2.45, 2.75) is 6.92 Å². The Hall–Kier alpha value is -0.590. The standard InChI is InChI=1S/C9H11BrN2O2S/c1-7-6-8(10)2-3-9(7)11-15(13,14)12-4-5-12/h2-3,6,11H,4-5H2,1H3. The van der Waals surface area contributed by atoms with E-state index in [2.05, 4.69) is 20.7 Å². The van der Waals surface area contributed by atoms with Crippen molar-refractivity contribution in [3.63, 3.8) is 0 Å². The van der Waals surface area contributed by atoms with Gasteiger partial charge in [-0.3, -0.25) is 4.72 Å². The molecular formula is C9H11BrN2O2S. The van der Waals surface area contributed by atoms with Crippen LogP contribution in [-0.4, -0.2) is 25.8 Å². The number of benzene rings is 1. The van der Waals surface area contributed by atoms with E-state index in [0.29, 0.717) is 18.8 Å². The van der Waals surface area contributed by atoms with Crippen molar-refractivity contribution >= 4 is 31.8 Å². The van der Waals surface area contributed by atoms with Gasteiger partial charge in [-0.25, -0.2) is 0 Å². The second kappa shape index (κ2) is 3.77. The zero-order valence-corrected chi connectivity index (χ0v) is 10.6. The van der Waals surface area contributed by atoms with Crippen LogP contribution in [0.3, 0.4) is 0 Å². The van der Waals surface area contributed by atoms with Gasteiger partial charge >= 0.3 is 10.2 Å². The van der Waals surface area contributed by atoms with Crippen LogP contribution in [-0.2, 0) is 10.2 Å². The summed E-state index contributed by atoms with van der Waals surface area (Å²) < 4.78 is 28.1. The van der Waals surface area contributed by atoms with Gasteiger partial charge in [0, 0.05) is 17.6 Å². The van der Waals surface area contributed by atoms with Crippen molar-refractivity contribution < 1.29 is 8.42 Å². The highest BCUT2D eigenvalue weighted by atomic mass is 79.9. The third kappa shape index (κ3) is 2.50. The summed E-state index contributed by atoms with van der Waals surface area (Å²) in [5, 5.41) is 0. The van der Waals surface area contributed by atoms with Crippen molar-refractivity contribution in [2.75, 3.05) is 17.8 Å². The van der Waals surface area contributed by atoms with Gasteiger partial charge in [0.25, 0.3) is 0 Å². The number of hydrogen-bond acceptors (Lipinski definition) is 2. The van der Waals surface area contributed by atoms with E-state index in [1.54, 1.807) is 6.07 Å². The SMILES string of the molecule is Cc1cc(Br)ccc1NS(=O)(=O)N1CC1. The molecule has 1 aromatic carbocycles. The molecule has 0 atom stereocenters. The molecule has 1 N–H and O–H groups in total. The number of nitrogens with one attached hydrogen (secondary N) is 1. The van der Waals surface area contributed by atoms with E-state index in [9.17, 15) is 8.42 Å². The number of halogens is 1. The Kier molecular flexibility index (Phi) is 2.74. The second-order valence-electron chi connectivity index (χ2n) is 3.47. The summed E-state index contributed by atoms with van der Waals surface area (Å²) >= 11 is 3.33. The molecule has 1 aliphatic rings. The fourth-order valence-electron chi connectivity index (χ4n) is 1.23. The minimum Gasteiger partial charge on any atom is -0.271 e. The summed E-state index contributed by atoms with van der Waals surface area (Å²) in [4.78, 5) is 0. The third-order valence-corrected chi connectivity index (χ3v) is 4.19. The van der Waals surface area contributed by atoms with Crippen LogP contribution >= 0.6 is 15.9 Å². The lowest BCUT2D eigenvalue weighted by atomic mass is 10.2. The van der Waals surface area contributed by atoms with Gasteiger partial charge in [-0.15, -0.1) is 0 Å². The molecule has 0 saturated carbocycles. The van der Waals surface area contributed by atoms with Crippen molar-refractivity contribution in [1.29, 1.82) is 0 Å². The first-order valence-electron chi connectivity index (χ1n) is 4.53. The highest BCUT2D eigenvalue weighted by Crippen LogP contribution is 2.23. The maximum absolute atomic E-state index is 11.6. The summed E-state index contributed by atoms with van der Waals surface area (Å²) in [5.41, 5.74) is 1.53. The molecule has 1 saturated heterocycles. The molecule has 1 heterocycles. The molecule has 1 fully saturated rings. The molecule has 0 radical (unpaired) electrons. The minimum atomic E-state index is -3.31. The molecule has 15 heavy (non-hydrogen) atoms. The number of aryl methyl sites for hydroxylation is 1. The monoisotopic (exact) mass is 290 g/mol. The second-order valence-corrected chi connectivity index (χ2v) is 6.05. The summed E-state index contributed by atoms with van der Waals surface area (Å²) in [6, 6.07) is 5.44. The van der Waals surface area contributed by atoms with Crippen LogP contribution in [0.25, 0.3) is 0 Å². The van der Waals surface area contributed by atoms with E-state index < -0.39 is 10.2 Å². The van der Waals surface area contributed by atoms with Crippen molar-refractivity contribution in [3.8, 4) is 0 Å². The third-order valence-electron chi connectivity index (χ3n) is 2.17. The molecule has 0 unspecified atom stereocenters. The predicted molar refractivity (Wildman–Crippen MR) is 63.0 cm³/mol. The van der Waals surface area contributed by atoms with Gasteiger partial charge in [-0.05, 0) is 30.7 Å². The molecule has 6 heteroatoms. The molecule has 0 aliphatic carbocycles. The van der Waals surface area contributed by atoms with Crippen LogP contribution < -0.4 is 4.72 Å². The average molecular weight is 291 g/mol. The molecule has 4 nitrogen and oxygen atoms in total. The largest absolute Gasteiger partial charge is 0.301 e. The van der Waals surface area contributed by atoms with Crippen LogP contribution in [0.5, 0.6) is 0 Å². The van der Waals surface area contributed by atoms with Crippen molar-refractivity contribution in [3.05, 3.63) is 28.2 Å². The number of rotatable bonds is 3. The lowest BCUT2D eigenvalue weighted by Gasteiger charge is -2.10. The van der Waals surface area contributed by atoms with Gasteiger partial charge in [-0.2, -0.15) is 12.7 Å². The van der Waals surface area contributed by atoms with Gasteiger partial charge in [0.05, 0.1) is 5.69 Å². The van der Waals surface area contributed by atoms with Crippen molar-refractivity contribution in [2.24, 2.45) is 0 Å². The smallest absolute Gasteiger partial charge is 0.271 e. The Morgan fingerprint density at radius 2 is 2.07 bits per heavy atom. The maximum atomic E-state index is 11.6. The highest BCUT2D eigenvalue weighted by molar-refractivity contribution is 9.10. The van der Waals surface area contributed by atoms with E-state index >= 15 is 0 Å². The normalized spacial score (nSPS) is 16.4. The molecule has 0 aromatic heterocycles.